The lowest BCUT2D eigenvalue weighted by atomic mass is 9.93. The lowest BCUT2D eigenvalue weighted by Crippen LogP contribution is -2.34. The zero-order valence-corrected chi connectivity index (χ0v) is 11.7. The van der Waals surface area contributed by atoms with Crippen LogP contribution in [0.15, 0.2) is 18.3 Å². The monoisotopic (exact) mass is 275 g/mol. The number of rotatable bonds is 5. The highest BCUT2D eigenvalue weighted by Crippen LogP contribution is 2.33. The summed E-state index contributed by atoms with van der Waals surface area (Å²) in [7, 11) is 3.87. The molecule has 0 radical (unpaired) electrons. The smallest absolute Gasteiger partial charge is 0.369 e. The van der Waals surface area contributed by atoms with Gasteiger partial charge in [-0.3, -0.25) is 0 Å². The highest BCUT2D eigenvalue weighted by Gasteiger charge is 2.34. The van der Waals surface area contributed by atoms with Gasteiger partial charge in [-0.2, -0.15) is 13.2 Å². The zero-order chi connectivity index (χ0) is 14.7. The SMILES string of the molecule is CN(C)CC(C)(C)CNc1ncccc1C(F)(F)F. The van der Waals surface area contributed by atoms with Crippen molar-refractivity contribution in [2.24, 2.45) is 5.41 Å². The second-order valence-electron chi connectivity index (χ2n) is 5.65. The Hall–Kier alpha value is -1.30. The molecular weight excluding hydrogens is 255 g/mol. The van der Waals surface area contributed by atoms with Gasteiger partial charge in [0.25, 0.3) is 0 Å². The van der Waals surface area contributed by atoms with Gasteiger partial charge in [-0.15, -0.1) is 0 Å². The third-order valence-corrected chi connectivity index (χ3v) is 2.59. The molecule has 1 aromatic rings. The molecule has 1 rings (SSSR count). The highest BCUT2D eigenvalue weighted by atomic mass is 19.4. The van der Waals surface area contributed by atoms with Gasteiger partial charge >= 0.3 is 6.18 Å². The van der Waals surface area contributed by atoms with Crippen LogP contribution in [0.4, 0.5) is 19.0 Å². The maximum Gasteiger partial charge on any atom is 0.419 e. The Kier molecular flexibility index (Phi) is 4.79. The Morgan fingerprint density at radius 1 is 1.26 bits per heavy atom. The van der Waals surface area contributed by atoms with E-state index in [1.807, 2.05) is 32.8 Å². The number of nitrogens with one attached hydrogen (secondary N) is 1. The number of hydrogen-bond donors (Lipinski definition) is 1. The first-order valence-corrected chi connectivity index (χ1v) is 6.03. The van der Waals surface area contributed by atoms with Crippen molar-refractivity contribution >= 4 is 5.82 Å². The molecule has 0 bridgehead atoms. The summed E-state index contributed by atoms with van der Waals surface area (Å²) in [4.78, 5) is 5.79. The minimum absolute atomic E-state index is 0.109. The first-order valence-electron chi connectivity index (χ1n) is 6.03. The molecule has 0 saturated heterocycles. The van der Waals surface area contributed by atoms with Gasteiger partial charge in [0, 0.05) is 19.3 Å². The molecule has 108 valence electrons. The number of alkyl halides is 3. The first kappa shape index (κ1) is 15.8. The van der Waals surface area contributed by atoms with Gasteiger partial charge in [-0.05, 0) is 31.6 Å². The Morgan fingerprint density at radius 2 is 1.89 bits per heavy atom. The predicted molar refractivity (Wildman–Crippen MR) is 70.1 cm³/mol. The number of hydrogen-bond acceptors (Lipinski definition) is 3. The number of halogens is 3. The van der Waals surface area contributed by atoms with E-state index in [2.05, 4.69) is 10.3 Å². The summed E-state index contributed by atoms with van der Waals surface area (Å²) in [6.45, 7) is 5.19. The van der Waals surface area contributed by atoms with Crippen molar-refractivity contribution in [1.29, 1.82) is 0 Å². The Labute approximate surface area is 111 Å². The third kappa shape index (κ3) is 5.06. The van der Waals surface area contributed by atoms with Crippen molar-refractivity contribution in [2.75, 3.05) is 32.5 Å². The summed E-state index contributed by atoms with van der Waals surface area (Å²) in [5.74, 6) is -0.109. The van der Waals surface area contributed by atoms with Crippen molar-refractivity contribution in [3.8, 4) is 0 Å². The summed E-state index contributed by atoms with van der Waals surface area (Å²) in [6, 6.07) is 2.33. The summed E-state index contributed by atoms with van der Waals surface area (Å²) >= 11 is 0. The van der Waals surface area contributed by atoms with Crippen molar-refractivity contribution in [2.45, 2.75) is 20.0 Å². The molecule has 0 fully saturated rings. The standard InChI is InChI=1S/C13H20F3N3/c1-12(2,9-19(3)4)8-18-11-10(13(14,15)16)6-5-7-17-11/h5-7H,8-9H2,1-4H3,(H,17,18). The first-order chi connectivity index (χ1) is 8.62. The number of anilines is 1. The van der Waals surface area contributed by atoms with Gasteiger partial charge in [0.1, 0.15) is 5.82 Å². The summed E-state index contributed by atoms with van der Waals surface area (Å²) in [5, 5.41) is 2.81. The minimum atomic E-state index is -4.39. The summed E-state index contributed by atoms with van der Waals surface area (Å²) in [5.41, 5.74) is -0.875. The summed E-state index contributed by atoms with van der Waals surface area (Å²) in [6.07, 6.45) is -3.03. The molecule has 0 unspecified atom stereocenters. The Morgan fingerprint density at radius 3 is 2.42 bits per heavy atom. The van der Waals surface area contributed by atoms with E-state index in [1.54, 1.807) is 0 Å². The second-order valence-corrected chi connectivity index (χ2v) is 5.65. The average molecular weight is 275 g/mol. The van der Waals surface area contributed by atoms with Crippen LogP contribution in [0.1, 0.15) is 19.4 Å². The van der Waals surface area contributed by atoms with Crippen molar-refractivity contribution in [1.82, 2.24) is 9.88 Å². The van der Waals surface area contributed by atoms with Crippen LogP contribution < -0.4 is 5.32 Å². The average Bonchev–Trinajstić information content (AvgIpc) is 2.24. The lowest BCUT2D eigenvalue weighted by molar-refractivity contribution is -0.137. The minimum Gasteiger partial charge on any atom is -0.369 e. The molecule has 0 aliphatic carbocycles. The van der Waals surface area contributed by atoms with Crippen LogP contribution in [0, 0.1) is 5.41 Å². The molecule has 1 heterocycles. The van der Waals surface area contributed by atoms with E-state index in [1.165, 1.54) is 12.3 Å². The van der Waals surface area contributed by atoms with E-state index in [0.717, 1.165) is 12.6 Å². The fourth-order valence-electron chi connectivity index (χ4n) is 2.01. The van der Waals surface area contributed by atoms with Crippen LogP contribution in [0.2, 0.25) is 0 Å². The third-order valence-electron chi connectivity index (χ3n) is 2.59. The molecule has 0 aliphatic heterocycles. The molecule has 0 saturated carbocycles. The van der Waals surface area contributed by atoms with Crippen molar-refractivity contribution in [3.63, 3.8) is 0 Å². The lowest BCUT2D eigenvalue weighted by Gasteiger charge is -2.29. The number of pyridine rings is 1. The van der Waals surface area contributed by atoms with E-state index in [0.29, 0.717) is 6.54 Å². The molecule has 0 amide bonds. The Bertz CT molecular complexity index is 414. The normalized spacial score (nSPS) is 12.8. The molecule has 3 nitrogen and oxygen atoms in total. The number of nitrogens with zero attached hydrogens (tertiary/aromatic N) is 2. The van der Waals surface area contributed by atoms with Crippen molar-refractivity contribution < 1.29 is 13.2 Å². The van der Waals surface area contributed by atoms with Gasteiger partial charge in [0.2, 0.25) is 0 Å². The van der Waals surface area contributed by atoms with Gasteiger partial charge in [-0.1, -0.05) is 13.8 Å². The van der Waals surface area contributed by atoms with Crippen LogP contribution in [-0.2, 0) is 6.18 Å². The van der Waals surface area contributed by atoms with Gasteiger partial charge < -0.3 is 10.2 Å². The fraction of sp³-hybridized carbons (Fsp3) is 0.615. The van der Waals surface area contributed by atoms with Gasteiger partial charge in [0.05, 0.1) is 5.56 Å². The van der Waals surface area contributed by atoms with Crippen LogP contribution in [0.5, 0.6) is 0 Å². The number of aromatic nitrogens is 1. The van der Waals surface area contributed by atoms with E-state index < -0.39 is 11.7 Å². The molecule has 1 aromatic heterocycles. The van der Waals surface area contributed by atoms with E-state index in [4.69, 9.17) is 0 Å². The fourth-order valence-corrected chi connectivity index (χ4v) is 2.01. The largest absolute Gasteiger partial charge is 0.419 e. The maximum absolute atomic E-state index is 12.8. The van der Waals surface area contributed by atoms with Gasteiger partial charge in [-0.25, -0.2) is 4.98 Å². The highest BCUT2D eigenvalue weighted by molar-refractivity contribution is 5.45. The van der Waals surface area contributed by atoms with Crippen LogP contribution >= 0.6 is 0 Å². The molecule has 1 N–H and O–H groups in total. The van der Waals surface area contributed by atoms with E-state index >= 15 is 0 Å². The van der Waals surface area contributed by atoms with Crippen molar-refractivity contribution in [3.05, 3.63) is 23.9 Å². The predicted octanol–water partition coefficient (Wildman–Crippen LogP) is 3.10. The topological polar surface area (TPSA) is 28.2 Å². The molecule has 19 heavy (non-hydrogen) atoms. The molecule has 6 heteroatoms. The maximum atomic E-state index is 12.8. The Balaban J connectivity index is 2.79. The quantitative estimate of drug-likeness (QED) is 0.895. The summed E-state index contributed by atoms with van der Waals surface area (Å²) < 4.78 is 38.4. The molecular formula is C13H20F3N3. The molecule has 0 spiro atoms. The molecule has 0 aromatic carbocycles. The van der Waals surface area contributed by atoms with E-state index in [9.17, 15) is 13.2 Å². The van der Waals surface area contributed by atoms with Crippen LogP contribution in [-0.4, -0.2) is 37.1 Å². The van der Waals surface area contributed by atoms with Crippen LogP contribution in [0.25, 0.3) is 0 Å². The second kappa shape index (κ2) is 5.77. The molecule has 0 atom stereocenters. The van der Waals surface area contributed by atoms with E-state index in [-0.39, 0.29) is 11.2 Å². The van der Waals surface area contributed by atoms with Crippen LogP contribution in [0.3, 0.4) is 0 Å². The zero-order valence-electron chi connectivity index (χ0n) is 11.7. The van der Waals surface area contributed by atoms with Gasteiger partial charge in [0.15, 0.2) is 0 Å². The molecule has 0 aliphatic rings.